The van der Waals surface area contributed by atoms with Gasteiger partial charge in [0.1, 0.15) is 6.04 Å². The molecule has 0 radical (unpaired) electrons. The summed E-state index contributed by atoms with van der Waals surface area (Å²) in [4.78, 5) is 0. The molecule has 0 unspecified atom stereocenters. The number of alkyl halides is 3. The number of aromatic nitrogens is 1. The summed E-state index contributed by atoms with van der Waals surface area (Å²) < 4.78 is 70.0. The third-order valence-corrected chi connectivity index (χ3v) is 6.96. The van der Waals surface area contributed by atoms with Gasteiger partial charge in [0.25, 0.3) is 0 Å². The first kappa shape index (κ1) is 21.2. The molecule has 1 aliphatic rings. The second kappa shape index (κ2) is 7.37. The predicted octanol–water partition coefficient (Wildman–Crippen LogP) is 5.11. The highest BCUT2D eigenvalue weighted by molar-refractivity contribution is 7.90. The van der Waals surface area contributed by atoms with Crippen LogP contribution in [0.15, 0.2) is 24.4 Å². The zero-order valence-electron chi connectivity index (χ0n) is 16.5. The number of sulfonamides is 1. The van der Waals surface area contributed by atoms with Gasteiger partial charge in [-0.1, -0.05) is 39.8 Å². The van der Waals surface area contributed by atoms with E-state index in [1.165, 1.54) is 6.20 Å². The molecule has 4 nitrogen and oxygen atoms in total. The highest BCUT2D eigenvalue weighted by Gasteiger charge is 2.47. The summed E-state index contributed by atoms with van der Waals surface area (Å²) in [5, 5.41) is -0.278. The highest BCUT2D eigenvalue weighted by atomic mass is 32.2. The van der Waals surface area contributed by atoms with Gasteiger partial charge in [0.05, 0.1) is 5.25 Å². The summed E-state index contributed by atoms with van der Waals surface area (Å²) in [6.07, 6.45) is -2.45. The van der Waals surface area contributed by atoms with Crippen LogP contribution in [0.1, 0.15) is 63.6 Å². The molecule has 1 atom stereocenters. The van der Waals surface area contributed by atoms with E-state index in [1.807, 2.05) is 49.1 Å². The molecule has 1 fully saturated rings. The monoisotopic (exact) mass is 416 g/mol. The molecular formula is C20H27F3N2O2S. The number of fused-ring (bicyclic) bond motifs is 1. The van der Waals surface area contributed by atoms with Crippen molar-refractivity contribution >= 4 is 20.9 Å². The van der Waals surface area contributed by atoms with E-state index in [9.17, 15) is 21.6 Å². The van der Waals surface area contributed by atoms with Crippen molar-refractivity contribution in [1.82, 2.24) is 9.29 Å². The van der Waals surface area contributed by atoms with Crippen molar-refractivity contribution in [2.24, 2.45) is 5.92 Å². The lowest BCUT2D eigenvalue weighted by Gasteiger charge is -2.21. The zero-order chi connectivity index (χ0) is 20.9. The van der Waals surface area contributed by atoms with Crippen molar-refractivity contribution in [2.45, 2.75) is 70.5 Å². The van der Waals surface area contributed by atoms with Crippen LogP contribution in [0.25, 0.3) is 10.9 Å². The summed E-state index contributed by atoms with van der Waals surface area (Å²) in [6, 6.07) is 3.16. The third kappa shape index (κ3) is 4.38. The first-order valence-electron chi connectivity index (χ1n) is 9.60. The average molecular weight is 417 g/mol. The Morgan fingerprint density at radius 3 is 2.32 bits per heavy atom. The number of nitrogens with one attached hydrogen (secondary N) is 1. The first-order valence-corrected chi connectivity index (χ1v) is 11.2. The van der Waals surface area contributed by atoms with Crippen LogP contribution in [0.3, 0.4) is 0 Å². The summed E-state index contributed by atoms with van der Waals surface area (Å²) in [7, 11) is -4.00. The second-order valence-electron chi connectivity index (χ2n) is 8.40. The van der Waals surface area contributed by atoms with Crippen molar-refractivity contribution < 1.29 is 21.6 Å². The van der Waals surface area contributed by atoms with Crippen LogP contribution < -0.4 is 4.72 Å². The molecule has 0 saturated heterocycles. The number of hydrogen-bond donors (Lipinski definition) is 1. The van der Waals surface area contributed by atoms with E-state index < -0.39 is 27.5 Å². The van der Waals surface area contributed by atoms with Gasteiger partial charge in [0.15, 0.2) is 0 Å². The molecular weight excluding hydrogens is 389 g/mol. The quantitative estimate of drug-likeness (QED) is 0.682. The minimum atomic E-state index is -4.73. The smallest absolute Gasteiger partial charge is 0.347 e. The van der Waals surface area contributed by atoms with Gasteiger partial charge in [-0.25, -0.2) is 8.42 Å². The van der Waals surface area contributed by atoms with Gasteiger partial charge in [-0.2, -0.15) is 17.9 Å². The lowest BCUT2D eigenvalue weighted by Crippen LogP contribution is -2.39. The van der Waals surface area contributed by atoms with Crippen LogP contribution in [0.4, 0.5) is 13.2 Å². The minimum Gasteiger partial charge on any atom is -0.347 e. The van der Waals surface area contributed by atoms with E-state index in [0.29, 0.717) is 30.3 Å². The molecule has 1 aromatic carbocycles. The fraction of sp³-hybridized carbons (Fsp3) is 0.600. The lowest BCUT2D eigenvalue weighted by molar-refractivity contribution is -0.152. The van der Waals surface area contributed by atoms with E-state index in [1.54, 1.807) is 6.07 Å². The molecule has 0 amide bonds. The Hall–Kier alpha value is -1.54. The molecule has 28 heavy (non-hydrogen) atoms. The summed E-state index contributed by atoms with van der Waals surface area (Å²) in [5.41, 5.74) is 1.70. The van der Waals surface area contributed by atoms with Crippen LogP contribution in [0.5, 0.6) is 0 Å². The van der Waals surface area contributed by atoms with Crippen LogP contribution in [0, 0.1) is 5.92 Å². The fourth-order valence-electron chi connectivity index (χ4n) is 3.42. The zero-order valence-corrected chi connectivity index (χ0v) is 17.4. The number of nitrogens with zero attached hydrogens (tertiary/aromatic N) is 1. The maximum absolute atomic E-state index is 13.9. The highest BCUT2D eigenvalue weighted by Crippen LogP contribution is 2.40. The molecule has 8 heteroatoms. The molecule has 1 aliphatic carbocycles. The van der Waals surface area contributed by atoms with Gasteiger partial charge in [0, 0.05) is 29.2 Å². The molecule has 156 valence electrons. The van der Waals surface area contributed by atoms with Crippen LogP contribution in [-0.4, -0.2) is 24.4 Å². The predicted molar refractivity (Wildman–Crippen MR) is 105 cm³/mol. The summed E-state index contributed by atoms with van der Waals surface area (Å²) >= 11 is 0. The topological polar surface area (TPSA) is 51.1 Å². The van der Waals surface area contributed by atoms with E-state index >= 15 is 0 Å². The van der Waals surface area contributed by atoms with Gasteiger partial charge >= 0.3 is 6.18 Å². The SMILES string of the molecule is CC(C)Cn1cc([C@H](NS(=O)(=O)C2CC2)C(F)(F)F)c2ccc(C(C)C)cc21. The Morgan fingerprint density at radius 2 is 1.82 bits per heavy atom. The largest absolute Gasteiger partial charge is 0.408 e. The molecule has 0 bridgehead atoms. The lowest BCUT2D eigenvalue weighted by atomic mass is 9.99. The molecule has 0 aliphatic heterocycles. The molecule has 3 rings (SSSR count). The van der Waals surface area contributed by atoms with Crippen molar-refractivity contribution in [1.29, 1.82) is 0 Å². The summed E-state index contributed by atoms with van der Waals surface area (Å²) in [5.74, 6) is 0.473. The van der Waals surface area contributed by atoms with Gasteiger partial charge in [-0.3, -0.25) is 0 Å². The van der Waals surface area contributed by atoms with Gasteiger partial charge < -0.3 is 4.57 Å². The first-order chi connectivity index (χ1) is 12.9. The van der Waals surface area contributed by atoms with Gasteiger partial charge in [-0.05, 0) is 36.3 Å². The number of benzene rings is 1. The maximum Gasteiger partial charge on any atom is 0.408 e. The van der Waals surface area contributed by atoms with E-state index in [0.717, 1.165) is 5.56 Å². The molecule has 1 heterocycles. The van der Waals surface area contributed by atoms with Crippen molar-refractivity contribution in [2.75, 3.05) is 0 Å². The molecule has 0 spiro atoms. The Labute approximate surface area is 164 Å². The van der Waals surface area contributed by atoms with Crippen molar-refractivity contribution in [3.05, 3.63) is 35.5 Å². The standard InChI is InChI=1S/C20H27F3N2O2S/c1-12(2)10-25-11-17(16-8-5-14(13(3)4)9-18(16)25)19(20(21,22)23)24-28(26,27)15-6-7-15/h5,8-9,11-13,15,19,24H,6-7,10H2,1-4H3/t19-/m0/s1. The molecule has 1 saturated carbocycles. The van der Waals surface area contributed by atoms with E-state index in [4.69, 9.17) is 0 Å². The average Bonchev–Trinajstić information content (AvgIpc) is 3.36. The Kier molecular flexibility index (Phi) is 5.57. The Bertz CT molecular complexity index is 958. The minimum absolute atomic E-state index is 0.0392. The van der Waals surface area contributed by atoms with Gasteiger partial charge in [-0.15, -0.1) is 0 Å². The van der Waals surface area contributed by atoms with Crippen LogP contribution in [0.2, 0.25) is 0 Å². The second-order valence-corrected chi connectivity index (χ2v) is 10.4. The fourth-order valence-corrected chi connectivity index (χ4v) is 4.95. The Balaban J connectivity index is 2.15. The number of halogens is 3. The van der Waals surface area contributed by atoms with Crippen molar-refractivity contribution in [3.8, 4) is 0 Å². The van der Waals surface area contributed by atoms with E-state index in [2.05, 4.69) is 0 Å². The molecule has 2 aromatic rings. The molecule has 1 aromatic heterocycles. The summed E-state index contributed by atoms with van der Waals surface area (Å²) in [6.45, 7) is 8.60. The van der Waals surface area contributed by atoms with Gasteiger partial charge in [0.2, 0.25) is 10.0 Å². The Morgan fingerprint density at radius 1 is 1.18 bits per heavy atom. The number of rotatable bonds is 7. The molecule has 1 N–H and O–H groups in total. The van der Waals surface area contributed by atoms with Crippen LogP contribution in [-0.2, 0) is 16.6 Å². The third-order valence-electron chi connectivity index (χ3n) is 5.05. The maximum atomic E-state index is 13.9. The van der Waals surface area contributed by atoms with Crippen molar-refractivity contribution in [3.63, 3.8) is 0 Å². The van der Waals surface area contributed by atoms with Crippen LogP contribution >= 0.6 is 0 Å². The normalized spacial score (nSPS) is 17.0. The van der Waals surface area contributed by atoms with E-state index in [-0.39, 0.29) is 17.4 Å². The number of hydrogen-bond acceptors (Lipinski definition) is 2.